The average Bonchev–Trinajstić information content (AvgIpc) is 3.41. The van der Waals surface area contributed by atoms with Crippen LogP contribution in [0.15, 0.2) is 35.5 Å². The maximum Gasteiger partial charge on any atom is 0.271 e. The van der Waals surface area contributed by atoms with Gasteiger partial charge >= 0.3 is 0 Å². The molecule has 4 heterocycles. The Morgan fingerprint density at radius 1 is 1.04 bits per heavy atom. The first-order valence-electron chi connectivity index (χ1n) is 9.98. The van der Waals surface area contributed by atoms with Gasteiger partial charge in [-0.25, -0.2) is 8.42 Å². The van der Waals surface area contributed by atoms with Crippen LogP contribution in [0.4, 0.5) is 0 Å². The Labute approximate surface area is 166 Å². The molecule has 2 aliphatic rings. The summed E-state index contributed by atoms with van der Waals surface area (Å²) in [6.45, 7) is 1.80. The number of carbonyl (C=O) groups is 1. The summed E-state index contributed by atoms with van der Waals surface area (Å²) in [6, 6.07) is 5.62. The number of carbonyl (C=O) groups excluding carboxylic acids is 1. The van der Waals surface area contributed by atoms with Crippen LogP contribution in [0.5, 0.6) is 0 Å². The summed E-state index contributed by atoms with van der Waals surface area (Å²) in [5.74, 6) is -0.105. The Balaban J connectivity index is 1.61. The smallest absolute Gasteiger partial charge is 0.271 e. The predicted octanol–water partition coefficient (Wildman–Crippen LogP) is 2.52. The second-order valence-electron chi connectivity index (χ2n) is 7.84. The maximum absolute atomic E-state index is 13.3. The van der Waals surface area contributed by atoms with Gasteiger partial charge in [0.25, 0.3) is 5.91 Å². The van der Waals surface area contributed by atoms with E-state index in [2.05, 4.69) is 0 Å². The number of aryl methyl sites for hydroxylation is 2. The van der Waals surface area contributed by atoms with Crippen LogP contribution in [0.25, 0.3) is 0 Å². The van der Waals surface area contributed by atoms with Gasteiger partial charge in [0.2, 0.25) is 10.0 Å². The molecular weight excluding hydrogens is 376 g/mol. The summed E-state index contributed by atoms with van der Waals surface area (Å²) in [5, 5.41) is 0. The summed E-state index contributed by atoms with van der Waals surface area (Å²) < 4.78 is 31.2. The van der Waals surface area contributed by atoms with E-state index in [1.807, 2.05) is 34.8 Å². The third kappa shape index (κ3) is 3.28. The van der Waals surface area contributed by atoms with Crippen LogP contribution in [0.3, 0.4) is 0 Å². The van der Waals surface area contributed by atoms with Crippen molar-refractivity contribution in [2.45, 2.75) is 43.0 Å². The Morgan fingerprint density at radius 2 is 1.79 bits per heavy atom. The molecule has 0 spiro atoms. The van der Waals surface area contributed by atoms with Gasteiger partial charge in [-0.2, -0.15) is 4.31 Å². The summed E-state index contributed by atoms with van der Waals surface area (Å²) in [5.41, 5.74) is 1.54. The molecule has 1 atom stereocenters. The van der Waals surface area contributed by atoms with Crippen molar-refractivity contribution in [3.05, 3.63) is 42.0 Å². The first-order chi connectivity index (χ1) is 13.4. The number of amides is 1. The van der Waals surface area contributed by atoms with Crippen molar-refractivity contribution in [3.63, 3.8) is 0 Å². The van der Waals surface area contributed by atoms with Gasteiger partial charge in [0, 0.05) is 51.8 Å². The second-order valence-corrected chi connectivity index (χ2v) is 9.78. The highest BCUT2D eigenvalue weighted by molar-refractivity contribution is 7.89. The topological polar surface area (TPSA) is 67.6 Å². The van der Waals surface area contributed by atoms with Gasteiger partial charge in [0.05, 0.1) is 6.04 Å². The Bertz CT molecular complexity index is 969. The number of sulfonamides is 1. The van der Waals surface area contributed by atoms with Crippen LogP contribution >= 0.6 is 0 Å². The van der Waals surface area contributed by atoms with Crippen LogP contribution in [-0.4, -0.2) is 52.3 Å². The highest BCUT2D eigenvalue weighted by Crippen LogP contribution is 2.33. The average molecular weight is 405 g/mol. The van der Waals surface area contributed by atoms with Gasteiger partial charge in [-0.3, -0.25) is 4.79 Å². The monoisotopic (exact) mass is 404 g/mol. The third-order valence-corrected chi connectivity index (χ3v) is 7.85. The van der Waals surface area contributed by atoms with E-state index in [0.717, 1.165) is 37.8 Å². The molecule has 8 heteroatoms. The number of aromatic nitrogens is 2. The van der Waals surface area contributed by atoms with E-state index < -0.39 is 10.0 Å². The molecule has 1 unspecified atom stereocenters. The molecule has 2 aromatic heterocycles. The van der Waals surface area contributed by atoms with Crippen molar-refractivity contribution in [2.75, 3.05) is 19.6 Å². The van der Waals surface area contributed by atoms with Crippen molar-refractivity contribution >= 4 is 15.9 Å². The number of rotatable bonds is 4. The van der Waals surface area contributed by atoms with Crippen LogP contribution in [0.1, 0.15) is 54.3 Å². The number of likely N-dealkylation sites (tertiary alicyclic amines) is 1. The van der Waals surface area contributed by atoms with Gasteiger partial charge in [0.15, 0.2) is 0 Å². The standard InChI is InChI=1S/C20H28N4O3S/c1-21-10-6-8-17(21)18-9-7-13-24(18)20(25)19-14-16(15-22(19)2)28(26,27)23-11-4-3-5-12-23/h6,8,10,14-15,18H,3-5,7,9,11-13H2,1-2H3. The lowest BCUT2D eigenvalue weighted by molar-refractivity contribution is 0.0721. The van der Waals surface area contributed by atoms with Crippen molar-refractivity contribution in [1.29, 1.82) is 0 Å². The zero-order valence-electron chi connectivity index (χ0n) is 16.5. The van der Waals surface area contributed by atoms with Gasteiger partial charge in [-0.05, 0) is 43.9 Å². The fourth-order valence-electron chi connectivity index (χ4n) is 4.43. The molecule has 2 saturated heterocycles. The van der Waals surface area contributed by atoms with E-state index in [0.29, 0.717) is 25.3 Å². The normalized spacial score (nSPS) is 21.4. The molecule has 7 nitrogen and oxygen atoms in total. The molecule has 2 aliphatic heterocycles. The van der Waals surface area contributed by atoms with Crippen LogP contribution in [0.2, 0.25) is 0 Å². The summed E-state index contributed by atoms with van der Waals surface area (Å²) in [4.78, 5) is 15.4. The van der Waals surface area contributed by atoms with E-state index >= 15 is 0 Å². The fraction of sp³-hybridized carbons (Fsp3) is 0.550. The highest BCUT2D eigenvalue weighted by Gasteiger charge is 2.34. The van der Waals surface area contributed by atoms with Gasteiger partial charge in [-0.1, -0.05) is 6.42 Å². The zero-order valence-corrected chi connectivity index (χ0v) is 17.4. The van der Waals surface area contributed by atoms with Crippen molar-refractivity contribution in [3.8, 4) is 0 Å². The van der Waals surface area contributed by atoms with Crippen LogP contribution in [0, 0.1) is 0 Å². The van der Waals surface area contributed by atoms with E-state index in [-0.39, 0.29) is 16.8 Å². The Morgan fingerprint density at radius 3 is 2.46 bits per heavy atom. The quantitative estimate of drug-likeness (QED) is 0.786. The van der Waals surface area contributed by atoms with E-state index in [1.54, 1.807) is 28.2 Å². The van der Waals surface area contributed by atoms with Crippen molar-refractivity contribution in [2.24, 2.45) is 14.1 Å². The maximum atomic E-state index is 13.3. The third-order valence-electron chi connectivity index (χ3n) is 5.99. The SMILES string of the molecule is Cn1cc(S(=O)(=O)N2CCCCC2)cc1C(=O)N1CCCC1c1cccn1C. The van der Waals surface area contributed by atoms with E-state index in [9.17, 15) is 13.2 Å². The first kappa shape index (κ1) is 19.3. The summed E-state index contributed by atoms with van der Waals surface area (Å²) in [6.07, 6.45) is 8.29. The fourth-order valence-corrected chi connectivity index (χ4v) is 6.02. The van der Waals surface area contributed by atoms with E-state index in [1.165, 1.54) is 0 Å². The lowest BCUT2D eigenvalue weighted by atomic mass is 10.1. The van der Waals surface area contributed by atoms with E-state index in [4.69, 9.17) is 0 Å². The van der Waals surface area contributed by atoms with Gasteiger partial charge in [-0.15, -0.1) is 0 Å². The molecule has 1 amide bonds. The van der Waals surface area contributed by atoms with Crippen LogP contribution in [-0.2, 0) is 24.1 Å². The minimum atomic E-state index is -3.55. The number of piperidine rings is 1. The molecule has 2 aromatic rings. The van der Waals surface area contributed by atoms with Gasteiger partial charge < -0.3 is 14.0 Å². The molecule has 0 saturated carbocycles. The molecule has 28 heavy (non-hydrogen) atoms. The molecule has 152 valence electrons. The predicted molar refractivity (Wildman–Crippen MR) is 106 cm³/mol. The number of hydrogen-bond acceptors (Lipinski definition) is 3. The minimum Gasteiger partial charge on any atom is -0.353 e. The summed E-state index contributed by atoms with van der Waals surface area (Å²) >= 11 is 0. The molecule has 0 N–H and O–H groups in total. The lowest BCUT2D eigenvalue weighted by Gasteiger charge is -2.25. The Kier molecular flexibility index (Phi) is 5.09. The largest absolute Gasteiger partial charge is 0.353 e. The number of hydrogen-bond donors (Lipinski definition) is 0. The minimum absolute atomic E-state index is 0.0320. The van der Waals surface area contributed by atoms with Gasteiger partial charge in [0.1, 0.15) is 10.6 Å². The molecular formula is C20H28N4O3S. The molecule has 0 aromatic carbocycles. The summed E-state index contributed by atoms with van der Waals surface area (Å²) in [7, 11) is 0.188. The van der Waals surface area contributed by atoms with Crippen LogP contribution < -0.4 is 0 Å². The molecule has 0 bridgehead atoms. The molecule has 0 radical (unpaired) electrons. The molecule has 2 fully saturated rings. The highest BCUT2D eigenvalue weighted by atomic mass is 32.2. The number of nitrogens with zero attached hydrogens (tertiary/aromatic N) is 4. The second kappa shape index (κ2) is 7.40. The Hall–Kier alpha value is -2.06. The first-order valence-corrected chi connectivity index (χ1v) is 11.4. The molecule has 4 rings (SSSR count). The lowest BCUT2D eigenvalue weighted by Crippen LogP contribution is -2.35. The van der Waals surface area contributed by atoms with Crippen molar-refractivity contribution < 1.29 is 13.2 Å². The van der Waals surface area contributed by atoms with Crippen molar-refractivity contribution in [1.82, 2.24) is 18.3 Å². The zero-order chi connectivity index (χ0) is 19.9. The molecule has 0 aliphatic carbocycles.